The first-order valence-corrected chi connectivity index (χ1v) is 19.7. The topological polar surface area (TPSA) is 49.9 Å². The van der Waals surface area contributed by atoms with Crippen molar-refractivity contribution in [1.29, 1.82) is 0 Å². The van der Waals surface area contributed by atoms with Crippen LogP contribution in [-0.2, 0) is 0 Å². The second-order valence-corrected chi connectivity index (χ2v) is 15.6. The molecule has 5 heteroatoms. The lowest BCUT2D eigenvalue weighted by atomic mass is 9.92. The maximum absolute atomic E-state index is 6.55. The van der Waals surface area contributed by atoms with Crippen molar-refractivity contribution in [2.75, 3.05) is 0 Å². The standard InChI is InChI=1S/C51H31N3OS/c1-2-11-30(12-3-1)49-52-50(54-51(53-49)42-19-10-18-41-40-17-8-9-20-47(40)56-48(41)42)33-22-25-39-44-28-32(23-26-45(44)55-46(39)29-33)31-21-24-38-36-15-5-4-13-34(36)35-14-6-7-16-37(35)43(38)27-31/h1-29,49H,(H,52,53,54). The second kappa shape index (κ2) is 12.2. The molecule has 9 aromatic carbocycles. The highest BCUT2D eigenvalue weighted by Crippen LogP contribution is 2.40. The van der Waals surface area contributed by atoms with Gasteiger partial charge in [-0.15, -0.1) is 11.3 Å². The van der Waals surface area contributed by atoms with E-state index in [1.165, 1.54) is 58.1 Å². The van der Waals surface area contributed by atoms with Crippen LogP contribution in [0, 0.1) is 0 Å². The summed E-state index contributed by atoms with van der Waals surface area (Å²) < 4.78 is 9.03. The highest BCUT2D eigenvalue weighted by Gasteiger charge is 2.24. The number of nitrogens with zero attached hydrogens (tertiary/aromatic N) is 2. The van der Waals surface area contributed by atoms with Crippen LogP contribution in [0.15, 0.2) is 190 Å². The Balaban J connectivity index is 0.971. The first-order chi connectivity index (χ1) is 27.7. The maximum atomic E-state index is 6.55. The smallest absolute Gasteiger partial charge is 0.159 e. The van der Waals surface area contributed by atoms with Crippen LogP contribution in [0.5, 0.6) is 0 Å². The molecule has 0 amide bonds. The van der Waals surface area contributed by atoms with Crippen LogP contribution in [-0.4, -0.2) is 11.7 Å². The molecule has 0 aliphatic carbocycles. The number of hydrogen-bond donors (Lipinski definition) is 1. The van der Waals surface area contributed by atoms with Gasteiger partial charge in [0.2, 0.25) is 0 Å². The number of nitrogens with one attached hydrogen (secondary N) is 1. The minimum atomic E-state index is -0.297. The summed E-state index contributed by atoms with van der Waals surface area (Å²) in [5, 5.41) is 16.0. The predicted molar refractivity (Wildman–Crippen MR) is 236 cm³/mol. The van der Waals surface area contributed by atoms with Gasteiger partial charge in [0.1, 0.15) is 23.2 Å². The summed E-state index contributed by atoms with van der Waals surface area (Å²) in [6, 6.07) is 62.7. The average Bonchev–Trinajstić information content (AvgIpc) is 3.84. The molecule has 12 rings (SSSR count). The number of amidine groups is 2. The molecule has 56 heavy (non-hydrogen) atoms. The van der Waals surface area contributed by atoms with Gasteiger partial charge in [0.15, 0.2) is 5.84 Å². The Labute approximate surface area is 325 Å². The summed E-state index contributed by atoms with van der Waals surface area (Å²) in [5.41, 5.74) is 7.06. The predicted octanol–water partition coefficient (Wildman–Crippen LogP) is 13.6. The summed E-state index contributed by atoms with van der Waals surface area (Å²) in [6.45, 7) is 0. The van der Waals surface area contributed by atoms with E-state index in [0.717, 1.165) is 50.0 Å². The minimum absolute atomic E-state index is 0.297. The molecule has 1 aliphatic heterocycles. The van der Waals surface area contributed by atoms with Gasteiger partial charge < -0.3 is 9.73 Å². The number of rotatable bonds is 4. The molecule has 1 aliphatic rings. The number of furan rings is 1. The molecule has 4 nitrogen and oxygen atoms in total. The Morgan fingerprint density at radius 1 is 0.446 bits per heavy atom. The van der Waals surface area contributed by atoms with Crippen molar-refractivity contribution in [3.63, 3.8) is 0 Å². The third-order valence-electron chi connectivity index (χ3n) is 11.3. The van der Waals surface area contributed by atoms with Crippen molar-refractivity contribution in [1.82, 2.24) is 5.32 Å². The molecule has 11 aromatic rings. The van der Waals surface area contributed by atoms with Crippen molar-refractivity contribution in [3.05, 3.63) is 193 Å². The Hall–Kier alpha value is -7.08. The van der Waals surface area contributed by atoms with Crippen LogP contribution in [0.2, 0.25) is 0 Å². The van der Waals surface area contributed by atoms with E-state index in [2.05, 4.69) is 175 Å². The van der Waals surface area contributed by atoms with Crippen molar-refractivity contribution >= 4 is 97.4 Å². The molecule has 2 aromatic heterocycles. The fourth-order valence-electron chi connectivity index (χ4n) is 8.64. The Morgan fingerprint density at radius 3 is 1.84 bits per heavy atom. The zero-order valence-electron chi connectivity index (χ0n) is 30.0. The zero-order valence-corrected chi connectivity index (χ0v) is 30.8. The molecule has 1 unspecified atom stereocenters. The molecule has 0 fully saturated rings. The molecule has 0 bridgehead atoms. The monoisotopic (exact) mass is 733 g/mol. The summed E-state index contributed by atoms with van der Waals surface area (Å²) in [6.07, 6.45) is -0.297. The number of aliphatic imine (C=N–C) groups is 2. The Bertz CT molecular complexity index is 3430. The first kappa shape index (κ1) is 31.3. The van der Waals surface area contributed by atoms with Crippen molar-refractivity contribution in [3.8, 4) is 11.1 Å². The molecule has 3 heterocycles. The van der Waals surface area contributed by atoms with E-state index in [1.807, 2.05) is 6.07 Å². The van der Waals surface area contributed by atoms with Crippen LogP contribution >= 0.6 is 11.3 Å². The molecule has 0 radical (unpaired) electrons. The van der Waals surface area contributed by atoms with Crippen LogP contribution in [0.1, 0.15) is 22.9 Å². The van der Waals surface area contributed by atoms with E-state index >= 15 is 0 Å². The van der Waals surface area contributed by atoms with Gasteiger partial charge in [0.05, 0.1) is 0 Å². The average molecular weight is 734 g/mol. The first-order valence-electron chi connectivity index (χ1n) is 18.9. The van der Waals surface area contributed by atoms with Gasteiger partial charge >= 0.3 is 0 Å². The van der Waals surface area contributed by atoms with E-state index < -0.39 is 0 Å². The lowest BCUT2D eigenvalue weighted by Crippen LogP contribution is -2.33. The van der Waals surface area contributed by atoms with E-state index in [0.29, 0.717) is 5.84 Å². The highest BCUT2D eigenvalue weighted by molar-refractivity contribution is 7.26. The van der Waals surface area contributed by atoms with E-state index in [4.69, 9.17) is 14.4 Å². The Morgan fingerprint density at radius 2 is 1.05 bits per heavy atom. The van der Waals surface area contributed by atoms with Gasteiger partial charge in [-0.05, 0) is 91.5 Å². The van der Waals surface area contributed by atoms with Crippen LogP contribution in [0.3, 0.4) is 0 Å². The number of thiophene rings is 1. The fraction of sp³-hybridized carbons (Fsp3) is 0.0196. The Kier molecular flexibility index (Phi) is 6.83. The third kappa shape index (κ3) is 4.84. The summed E-state index contributed by atoms with van der Waals surface area (Å²) >= 11 is 1.81. The molecule has 0 saturated heterocycles. The summed E-state index contributed by atoms with van der Waals surface area (Å²) in [7, 11) is 0. The van der Waals surface area contributed by atoms with Crippen molar-refractivity contribution in [2.24, 2.45) is 9.98 Å². The van der Waals surface area contributed by atoms with Gasteiger partial charge in [-0.25, -0.2) is 9.98 Å². The number of fused-ring (bicyclic) bond motifs is 12. The summed E-state index contributed by atoms with van der Waals surface area (Å²) in [5.74, 6) is 1.48. The highest BCUT2D eigenvalue weighted by atomic mass is 32.1. The van der Waals surface area contributed by atoms with Gasteiger partial charge in [0, 0.05) is 42.1 Å². The quantitative estimate of drug-likeness (QED) is 0.183. The van der Waals surface area contributed by atoms with Crippen LogP contribution < -0.4 is 5.32 Å². The normalized spacial score (nSPS) is 14.6. The molecule has 0 saturated carbocycles. The van der Waals surface area contributed by atoms with E-state index in [1.54, 1.807) is 11.3 Å². The second-order valence-electron chi connectivity index (χ2n) is 14.5. The lowest BCUT2D eigenvalue weighted by Gasteiger charge is -2.24. The molecule has 0 spiro atoms. The number of hydrogen-bond acceptors (Lipinski definition) is 5. The van der Waals surface area contributed by atoms with Crippen molar-refractivity contribution < 1.29 is 4.42 Å². The maximum Gasteiger partial charge on any atom is 0.159 e. The van der Waals surface area contributed by atoms with Crippen LogP contribution in [0.4, 0.5) is 0 Å². The molecular weight excluding hydrogens is 703 g/mol. The summed E-state index contributed by atoms with van der Waals surface area (Å²) in [4.78, 5) is 10.4. The van der Waals surface area contributed by atoms with Gasteiger partial charge in [-0.2, -0.15) is 0 Å². The van der Waals surface area contributed by atoms with Gasteiger partial charge in [0.25, 0.3) is 0 Å². The van der Waals surface area contributed by atoms with Crippen LogP contribution in [0.25, 0.3) is 85.6 Å². The largest absolute Gasteiger partial charge is 0.456 e. The molecule has 1 atom stereocenters. The fourth-order valence-corrected chi connectivity index (χ4v) is 9.86. The minimum Gasteiger partial charge on any atom is -0.456 e. The number of benzene rings is 9. The van der Waals surface area contributed by atoms with Gasteiger partial charge in [-0.3, -0.25) is 0 Å². The SMILES string of the molecule is c1ccc(C2N=C(c3ccc4c(c3)oc3ccc(-c5ccc6c7ccccc7c7ccccc7c6c5)cc34)N=C(c3cccc4c3sc3ccccc34)N2)cc1. The van der Waals surface area contributed by atoms with E-state index in [9.17, 15) is 0 Å². The molecular formula is C51H31N3OS. The van der Waals surface area contributed by atoms with Gasteiger partial charge in [-0.1, -0.05) is 133 Å². The molecule has 262 valence electrons. The van der Waals surface area contributed by atoms with Crippen molar-refractivity contribution in [2.45, 2.75) is 6.17 Å². The lowest BCUT2D eigenvalue weighted by molar-refractivity contribution is 0.667. The zero-order chi connectivity index (χ0) is 36.7. The third-order valence-corrected chi connectivity index (χ3v) is 12.5. The van der Waals surface area contributed by atoms with E-state index in [-0.39, 0.29) is 6.17 Å². The molecule has 1 N–H and O–H groups in total.